The van der Waals surface area contributed by atoms with Crippen LogP contribution in [0.1, 0.15) is 65.7 Å². The third-order valence-corrected chi connectivity index (χ3v) is 3.79. The SMILES string of the molecule is C=C1CCC(C(C)(C)OC(=O)CCCC)CC1. The predicted octanol–water partition coefficient (Wildman–Crippen LogP) is 4.24. The number of esters is 1. The molecule has 0 unspecified atom stereocenters. The lowest BCUT2D eigenvalue weighted by Crippen LogP contribution is -2.38. The number of ether oxygens (including phenoxy) is 1. The number of hydrogen-bond acceptors (Lipinski definition) is 2. The standard InChI is InChI=1S/C15H26O2/c1-5-6-7-14(16)17-15(3,4)13-10-8-12(2)9-11-13/h13H,2,5-11H2,1,3-4H3. The summed E-state index contributed by atoms with van der Waals surface area (Å²) in [7, 11) is 0. The molecular formula is C15H26O2. The van der Waals surface area contributed by atoms with Crippen molar-refractivity contribution >= 4 is 5.97 Å². The zero-order valence-corrected chi connectivity index (χ0v) is 11.6. The molecule has 2 nitrogen and oxygen atoms in total. The van der Waals surface area contributed by atoms with Crippen molar-refractivity contribution in [2.75, 3.05) is 0 Å². The van der Waals surface area contributed by atoms with Gasteiger partial charge in [-0.3, -0.25) is 4.79 Å². The van der Waals surface area contributed by atoms with E-state index in [9.17, 15) is 4.79 Å². The first-order valence-corrected chi connectivity index (χ1v) is 6.84. The van der Waals surface area contributed by atoms with Crippen molar-refractivity contribution in [3.8, 4) is 0 Å². The Labute approximate surface area is 105 Å². The minimum Gasteiger partial charge on any atom is -0.459 e. The Bertz CT molecular complexity index is 269. The van der Waals surface area contributed by atoms with Crippen LogP contribution in [0.15, 0.2) is 12.2 Å². The van der Waals surface area contributed by atoms with E-state index in [-0.39, 0.29) is 11.6 Å². The molecule has 1 rings (SSSR count). The monoisotopic (exact) mass is 238 g/mol. The number of hydrogen-bond donors (Lipinski definition) is 0. The second-order valence-corrected chi connectivity index (χ2v) is 5.71. The predicted molar refractivity (Wildman–Crippen MR) is 70.8 cm³/mol. The molecule has 0 atom stereocenters. The van der Waals surface area contributed by atoms with Crippen molar-refractivity contribution in [2.45, 2.75) is 71.3 Å². The van der Waals surface area contributed by atoms with Crippen LogP contribution in [0.3, 0.4) is 0 Å². The maximum atomic E-state index is 11.7. The highest BCUT2D eigenvalue weighted by atomic mass is 16.6. The summed E-state index contributed by atoms with van der Waals surface area (Å²) in [6.07, 6.45) is 6.90. The van der Waals surface area contributed by atoms with Crippen molar-refractivity contribution in [1.29, 1.82) is 0 Å². The summed E-state index contributed by atoms with van der Waals surface area (Å²) in [5, 5.41) is 0. The van der Waals surface area contributed by atoms with Crippen LogP contribution < -0.4 is 0 Å². The molecule has 0 bridgehead atoms. The summed E-state index contributed by atoms with van der Waals surface area (Å²) in [5.41, 5.74) is 1.03. The fourth-order valence-corrected chi connectivity index (χ4v) is 2.47. The average molecular weight is 238 g/mol. The molecule has 2 heteroatoms. The molecule has 0 amide bonds. The number of carbonyl (C=O) groups is 1. The minimum atomic E-state index is -0.314. The molecule has 0 aromatic carbocycles. The smallest absolute Gasteiger partial charge is 0.306 e. The topological polar surface area (TPSA) is 26.3 Å². The van der Waals surface area contributed by atoms with E-state index in [1.54, 1.807) is 0 Å². The highest BCUT2D eigenvalue weighted by molar-refractivity contribution is 5.69. The molecule has 0 N–H and O–H groups in total. The van der Waals surface area contributed by atoms with Gasteiger partial charge in [0.15, 0.2) is 0 Å². The van der Waals surface area contributed by atoms with Crippen molar-refractivity contribution in [2.24, 2.45) is 5.92 Å². The van der Waals surface area contributed by atoms with Crippen LogP contribution in [0.2, 0.25) is 0 Å². The first-order valence-electron chi connectivity index (χ1n) is 6.84. The maximum Gasteiger partial charge on any atom is 0.306 e. The first-order chi connectivity index (χ1) is 7.95. The Hall–Kier alpha value is -0.790. The third-order valence-electron chi connectivity index (χ3n) is 3.79. The van der Waals surface area contributed by atoms with Crippen LogP contribution in [-0.2, 0) is 9.53 Å². The first kappa shape index (κ1) is 14.3. The lowest BCUT2D eigenvalue weighted by atomic mass is 9.77. The van der Waals surface area contributed by atoms with Crippen molar-refractivity contribution in [3.05, 3.63) is 12.2 Å². The number of carbonyl (C=O) groups excluding carboxylic acids is 1. The molecule has 0 saturated heterocycles. The van der Waals surface area contributed by atoms with E-state index >= 15 is 0 Å². The third kappa shape index (κ3) is 4.53. The second kappa shape index (κ2) is 6.23. The Morgan fingerprint density at radius 3 is 2.53 bits per heavy atom. The maximum absolute atomic E-state index is 11.7. The summed E-state index contributed by atoms with van der Waals surface area (Å²) < 4.78 is 5.65. The molecule has 1 fully saturated rings. The molecule has 17 heavy (non-hydrogen) atoms. The van der Waals surface area contributed by atoms with Gasteiger partial charge in [-0.2, -0.15) is 0 Å². The van der Waals surface area contributed by atoms with Crippen LogP contribution >= 0.6 is 0 Å². The van der Waals surface area contributed by atoms with Crippen LogP contribution in [-0.4, -0.2) is 11.6 Å². The van der Waals surface area contributed by atoms with Crippen LogP contribution in [0.4, 0.5) is 0 Å². The Morgan fingerprint density at radius 1 is 1.41 bits per heavy atom. The van der Waals surface area contributed by atoms with Gasteiger partial charge in [-0.05, 0) is 51.9 Å². The van der Waals surface area contributed by atoms with Crippen molar-refractivity contribution < 1.29 is 9.53 Å². The van der Waals surface area contributed by atoms with Gasteiger partial charge < -0.3 is 4.74 Å². The average Bonchev–Trinajstić information content (AvgIpc) is 2.26. The highest BCUT2D eigenvalue weighted by Gasteiger charge is 2.34. The van der Waals surface area contributed by atoms with Crippen LogP contribution in [0, 0.1) is 5.92 Å². The number of rotatable bonds is 5. The number of unbranched alkanes of at least 4 members (excludes halogenated alkanes) is 1. The van der Waals surface area contributed by atoms with Gasteiger partial charge in [0.1, 0.15) is 5.60 Å². The van der Waals surface area contributed by atoms with E-state index in [0.717, 1.165) is 38.5 Å². The van der Waals surface area contributed by atoms with Gasteiger partial charge in [-0.1, -0.05) is 25.5 Å². The summed E-state index contributed by atoms with van der Waals surface area (Å²) in [6.45, 7) is 10.2. The molecule has 98 valence electrons. The molecule has 1 aliphatic carbocycles. The van der Waals surface area contributed by atoms with Gasteiger partial charge in [-0.25, -0.2) is 0 Å². The van der Waals surface area contributed by atoms with E-state index < -0.39 is 0 Å². The molecular weight excluding hydrogens is 212 g/mol. The molecule has 0 spiro atoms. The van der Waals surface area contributed by atoms with Crippen molar-refractivity contribution in [3.63, 3.8) is 0 Å². The zero-order chi connectivity index (χ0) is 12.9. The van der Waals surface area contributed by atoms with Gasteiger partial charge in [0.25, 0.3) is 0 Å². The molecule has 1 saturated carbocycles. The van der Waals surface area contributed by atoms with Crippen molar-refractivity contribution in [1.82, 2.24) is 0 Å². The van der Waals surface area contributed by atoms with Gasteiger partial charge >= 0.3 is 5.97 Å². The molecule has 0 radical (unpaired) electrons. The van der Waals surface area contributed by atoms with E-state index in [2.05, 4.69) is 27.4 Å². The molecule has 0 aliphatic heterocycles. The normalized spacial score (nSPS) is 18.2. The summed E-state index contributed by atoms with van der Waals surface area (Å²) in [4.78, 5) is 11.7. The van der Waals surface area contributed by atoms with Gasteiger partial charge in [0.05, 0.1) is 0 Å². The van der Waals surface area contributed by atoms with E-state index in [1.807, 2.05) is 0 Å². The van der Waals surface area contributed by atoms with E-state index in [0.29, 0.717) is 12.3 Å². The van der Waals surface area contributed by atoms with E-state index in [4.69, 9.17) is 4.74 Å². The lowest BCUT2D eigenvalue weighted by Gasteiger charge is -2.37. The minimum absolute atomic E-state index is 0.0405. The van der Waals surface area contributed by atoms with E-state index in [1.165, 1.54) is 5.57 Å². The van der Waals surface area contributed by atoms with Gasteiger partial charge in [0, 0.05) is 6.42 Å². The summed E-state index contributed by atoms with van der Waals surface area (Å²) in [5.74, 6) is 0.444. The Kier molecular flexibility index (Phi) is 5.23. The fourth-order valence-electron chi connectivity index (χ4n) is 2.47. The number of allylic oxidation sites excluding steroid dienone is 1. The summed E-state index contributed by atoms with van der Waals surface area (Å²) in [6, 6.07) is 0. The largest absolute Gasteiger partial charge is 0.459 e. The Balaban J connectivity index is 2.44. The highest BCUT2D eigenvalue weighted by Crippen LogP contribution is 2.36. The molecule has 1 aliphatic rings. The quantitative estimate of drug-likeness (QED) is 0.529. The van der Waals surface area contributed by atoms with Gasteiger partial charge in [-0.15, -0.1) is 0 Å². The zero-order valence-electron chi connectivity index (χ0n) is 11.6. The van der Waals surface area contributed by atoms with Crippen LogP contribution in [0.5, 0.6) is 0 Å². The fraction of sp³-hybridized carbons (Fsp3) is 0.800. The van der Waals surface area contributed by atoms with Crippen LogP contribution in [0.25, 0.3) is 0 Å². The van der Waals surface area contributed by atoms with Gasteiger partial charge in [0.2, 0.25) is 0 Å². The molecule has 0 heterocycles. The Morgan fingerprint density at radius 2 is 2.00 bits per heavy atom. The molecule has 0 aromatic heterocycles. The lowest BCUT2D eigenvalue weighted by molar-refractivity contribution is -0.162. The molecule has 0 aromatic rings. The second-order valence-electron chi connectivity index (χ2n) is 5.71. The summed E-state index contributed by atoms with van der Waals surface area (Å²) >= 11 is 0.